The van der Waals surface area contributed by atoms with E-state index < -0.39 is 0 Å². The summed E-state index contributed by atoms with van der Waals surface area (Å²) in [5, 5.41) is 0.664. The fourth-order valence-corrected chi connectivity index (χ4v) is 5.02. The molecule has 0 heterocycles. The number of halogens is 1. The number of benzene rings is 1. The van der Waals surface area contributed by atoms with E-state index in [0.29, 0.717) is 17.2 Å². The number of carbonyl (C=O) groups excluding carboxylic acids is 1. The summed E-state index contributed by atoms with van der Waals surface area (Å²) in [5.41, 5.74) is 4.06. The van der Waals surface area contributed by atoms with Gasteiger partial charge in [-0.15, -0.1) is 0 Å². The quantitative estimate of drug-likeness (QED) is 0.720. The van der Waals surface area contributed by atoms with Crippen LogP contribution in [0.5, 0.6) is 0 Å². The number of carbonyl (C=O) groups is 1. The van der Waals surface area contributed by atoms with Gasteiger partial charge in [0.05, 0.1) is 12.2 Å². The maximum absolute atomic E-state index is 12.6. The van der Waals surface area contributed by atoms with Crippen molar-refractivity contribution < 1.29 is 9.53 Å². The van der Waals surface area contributed by atoms with Gasteiger partial charge in [0.25, 0.3) is 0 Å². The van der Waals surface area contributed by atoms with Crippen LogP contribution in [0.4, 0.5) is 0 Å². The lowest BCUT2D eigenvalue weighted by atomic mass is 9.61. The molecule has 2 nitrogen and oxygen atoms in total. The van der Waals surface area contributed by atoms with Gasteiger partial charge in [-0.05, 0) is 75.0 Å². The number of fused-ring (bicyclic) bond motifs is 4. The van der Waals surface area contributed by atoms with E-state index >= 15 is 0 Å². The van der Waals surface area contributed by atoms with Crippen molar-refractivity contribution in [2.24, 2.45) is 11.3 Å². The monoisotopic (exact) mass is 330 g/mol. The van der Waals surface area contributed by atoms with E-state index in [4.69, 9.17) is 16.3 Å². The van der Waals surface area contributed by atoms with E-state index in [0.717, 1.165) is 29.0 Å². The molecule has 23 heavy (non-hydrogen) atoms. The van der Waals surface area contributed by atoms with E-state index in [2.05, 4.69) is 6.07 Å². The Hall–Kier alpha value is -1.28. The lowest BCUT2D eigenvalue weighted by Crippen LogP contribution is -2.38. The van der Waals surface area contributed by atoms with Crippen molar-refractivity contribution in [3.05, 3.63) is 39.9 Å². The highest BCUT2D eigenvalue weighted by Gasteiger charge is 2.41. The van der Waals surface area contributed by atoms with Crippen LogP contribution in [-0.4, -0.2) is 12.6 Å². The first-order valence-corrected chi connectivity index (χ1v) is 9.11. The van der Waals surface area contributed by atoms with Crippen LogP contribution in [0, 0.1) is 18.3 Å². The predicted molar refractivity (Wildman–Crippen MR) is 92.5 cm³/mol. The smallest absolute Gasteiger partial charge is 0.338 e. The number of aryl methyl sites for hydroxylation is 1. The summed E-state index contributed by atoms with van der Waals surface area (Å²) in [6.07, 6.45) is 10.3. The van der Waals surface area contributed by atoms with Crippen molar-refractivity contribution in [1.29, 1.82) is 0 Å². The fraction of sp³-hybridized carbons (Fsp3) is 0.550. The van der Waals surface area contributed by atoms with Crippen molar-refractivity contribution in [2.75, 3.05) is 6.61 Å². The zero-order valence-electron chi connectivity index (χ0n) is 13.7. The molecule has 0 N–H and O–H groups in total. The molecule has 0 amide bonds. The summed E-state index contributed by atoms with van der Waals surface area (Å²) < 4.78 is 5.76. The van der Waals surface area contributed by atoms with Crippen molar-refractivity contribution in [2.45, 2.75) is 51.9 Å². The molecule has 0 radical (unpaired) electrons. The second kappa shape index (κ2) is 5.66. The van der Waals surface area contributed by atoms with Gasteiger partial charge in [0.2, 0.25) is 0 Å². The minimum atomic E-state index is -0.198. The maximum Gasteiger partial charge on any atom is 0.338 e. The van der Waals surface area contributed by atoms with Crippen LogP contribution in [0.1, 0.15) is 55.2 Å². The topological polar surface area (TPSA) is 26.3 Å². The third kappa shape index (κ3) is 2.71. The Bertz CT molecular complexity index is 667. The molecule has 0 aromatic heterocycles. The second-order valence-corrected chi connectivity index (χ2v) is 8.07. The molecule has 0 spiro atoms. The average Bonchev–Trinajstić information content (AvgIpc) is 2.98. The Morgan fingerprint density at radius 3 is 2.65 bits per heavy atom. The first-order chi connectivity index (χ1) is 11.1. The second-order valence-electron chi connectivity index (χ2n) is 7.66. The van der Waals surface area contributed by atoms with Crippen LogP contribution >= 0.6 is 11.6 Å². The van der Waals surface area contributed by atoms with Crippen LogP contribution in [0.25, 0.3) is 5.57 Å². The van der Waals surface area contributed by atoms with Crippen LogP contribution < -0.4 is 0 Å². The van der Waals surface area contributed by atoms with Crippen molar-refractivity contribution in [3.8, 4) is 0 Å². The van der Waals surface area contributed by atoms with Crippen LogP contribution in [0.2, 0.25) is 5.02 Å². The minimum Gasteiger partial charge on any atom is -0.461 e. The van der Waals surface area contributed by atoms with E-state index in [1.807, 2.05) is 19.1 Å². The van der Waals surface area contributed by atoms with Crippen LogP contribution in [0.15, 0.2) is 18.2 Å². The Morgan fingerprint density at radius 1 is 1.26 bits per heavy atom. The normalized spacial score (nSPS) is 28.4. The van der Waals surface area contributed by atoms with E-state index in [-0.39, 0.29) is 11.4 Å². The molecule has 4 aliphatic rings. The molecule has 3 fully saturated rings. The van der Waals surface area contributed by atoms with Crippen molar-refractivity contribution in [3.63, 3.8) is 0 Å². The number of hydrogen-bond acceptors (Lipinski definition) is 2. The molecule has 122 valence electrons. The summed E-state index contributed by atoms with van der Waals surface area (Å²) in [7, 11) is 0. The Balaban J connectivity index is 1.47. The number of ether oxygens (including phenoxy) is 1. The number of hydrogen-bond donors (Lipinski definition) is 0. The molecule has 0 atom stereocenters. The van der Waals surface area contributed by atoms with Gasteiger partial charge in [-0.25, -0.2) is 4.79 Å². The molecular formula is C20H23ClO2. The third-order valence-electron chi connectivity index (χ3n) is 6.09. The van der Waals surface area contributed by atoms with E-state index in [9.17, 15) is 4.79 Å². The summed E-state index contributed by atoms with van der Waals surface area (Å²) in [6.45, 7) is 2.61. The van der Waals surface area contributed by atoms with Crippen molar-refractivity contribution in [1.82, 2.24) is 0 Å². The first-order valence-electron chi connectivity index (χ1n) is 8.73. The van der Waals surface area contributed by atoms with Gasteiger partial charge < -0.3 is 4.74 Å². The highest BCUT2D eigenvalue weighted by molar-refractivity contribution is 6.35. The molecular weight excluding hydrogens is 308 g/mol. The van der Waals surface area contributed by atoms with Gasteiger partial charge in [0.15, 0.2) is 0 Å². The van der Waals surface area contributed by atoms with Gasteiger partial charge in [-0.2, -0.15) is 0 Å². The molecule has 5 rings (SSSR count). The molecule has 0 unspecified atom stereocenters. The van der Waals surface area contributed by atoms with Crippen molar-refractivity contribution >= 4 is 23.1 Å². The summed E-state index contributed by atoms with van der Waals surface area (Å²) in [5.74, 6) is 0.732. The zero-order valence-corrected chi connectivity index (χ0v) is 14.4. The highest BCUT2D eigenvalue weighted by atomic mass is 35.5. The molecule has 0 aliphatic heterocycles. The standard InChI is InChI=1S/C20H23ClO2/c1-13-10-15-2-3-16(18(15)17(21)11-13)19(22)23-12-20-7-4-14(5-8-20)6-9-20/h3,10-11,14H,2,4-9,12H2,1H3. The predicted octanol–water partition coefficient (Wildman–Crippen LogP) is 5.10. The Morgan fingerprint density at radius 2 is 1.96 bits per heavy atom. The SMILES string of the molecule is Cc1cc(Cl)c2c(c1)CC=C2C(=O)OCC12CCC(CC1)CC2. The Kier molecular flexibility index (Phi) is 3.76. The lowest BCUT2D eigenvalue weighted by Gasteiger charge is -2.46. The summed E-state index contributed by atoms with van der Waals surface area (Å²) in [6, 6.07) is 4.03. The van der Waals surface area contributed by atoms with Gasteiger partial charge >= 0.3 is 5.97 Å². The average molecular weight is 331 g/mol. The van der Waals surface area contributed by atoms with E-state index in [1.54, 1.807) is 0 Å². The maximum atomic E-state index is 12.6. The van der Waals surface area contributed by atoms with Gasteiger partial charge in [-0.1, -0.05) is 23.7 Å². The highest BCUT2D eigenvalue weighted by Crippen LogP contribution is 2.50. The third-order valence-corrected chi connectivity index (χ3v) is 6.39. The van der Waals surface area contributed by atoms with Gasteiger partial charge in [0, 0.05) is 16.0 Å². The molecule has 1 aromatic rings. The van der Waals surface area contributed by atoms with Gasteiger partial charge in [-0.3, -0.25) is 0 Å². The number of rotatable bonds is 3. The van der Waals surface area contributed by atoms with E-state index in [1.165, 1.54) is 38.5 Å². The molecule has 0 saturated heterocycles. The van der Waals surface area contributed by atoms with Gasteiger partial charge in [0.1, 0.15) is 0 Å². The molecule has 3 saturated carbocycles. The summed E-state index contributed by atoms with van der Waals surface area (Å²) in [4.78, 5) is 12.6. The first kappa shape index (κ1) is 15.3. The molecule has 3 heteroatoms. The molecule has 4 aliphatic carbocycles. The largest absolute Gasteiger partial charge is 0.461 e. The minimum absolute atomic E-state index is 0.198. The number of allylic oxidation sites excluding steroid dienone is 1. The molecule has 2 bridgehead atoms. The zero-order chi connectivity index (χ0) is 16.0. The summed E-state index contributed by atoms with van der Waals surface area (Å²) >= 11 is 6.38. The van der Waals surface area contributed by atoms with Crippen LogP contribution in [-0.2, 0) is 16.0 Å². The van der Waals surface area contributed by atoms with Crippen LogP contribution in [0.3, 0.4) is 0 Å². The Labute approximate surface area is 142 Å². The fourth-order valence-electron chi connectivity index (χ4n) is 4.63. The lowest BCUT2D eigenvalue weighted by molar-refractivity contribution is -0.142. The number of esters is 1. The molecule has 1 aromatic carbocycles.